The molecule has 1 aromatic carbocycles. The average Bonchev–Trinajstić information content (AvgIpc) is 3.40. The third kappa shape index (κ3) is 1.95. The molecule has 4 rings (SSSR count). The van der Waals surface area contributed by atoms with Gasteiger partial charge in [0.05, 0.1) is 7.11 Å². The van der Waals surface area contributed by atoms with Gasteiger partial charge in [-0.25, -0.2) is 4.39 Å². The molecule has 0 radical (unpaired) electrons. The lowest BCUT2D eigenvalue weighted by Gasteiger charge is -2.34. The van der Waals surface area contributed by atoms with Crippen molar-refractivity contribution in [3.8, 4) is 0 Å². The minimum absolute atomic E-state index is 0.0669. The van der Waals surface area contributed by atoms with Crippen LogP contribution in [0.1, 0.15) is 53.1 Å². The van der Waals surface area contributed by atoms with Crippen molar-refractivity contribution in [2.24, 2.45) is 0 Å². The molecule has 2 fully saturated rings. The summed E-state index contributed by atoms with van der Waals surface area (Å²) in [6.07, 6.45) is 3.81. The fraction of sp³-hybridized carbons (Fsp3) is 0.529. The number of hydrogen-bond donors (Lipinski definition) is 0. The molecule has 4 nitrogen and oxygen atoms in total. The van der Waals surface area contributed by atoms with Gasteiger partial charge < -0.3 is 9.64 Å². The largest absolute Gasteiger partial charge is 0.468 e. The molecule has 3 aliphatic rings. The summed E-state index contributed by atoms with van der Waals surface area (Å²) in [6, 6.07) is 3.50. The van der Waals surface area contributed by atoms with E-state index in [4.69, 9.17) is 0 Å². The number of esters is 1. The number of nitrogens with zero attached hydrogens (tertiary/aromatic N) is 1. The van der Waals surface area contributed by atoms with Crippen LogP contribution in [-0.2, 0) is 14.9 Å². The maximum atomic E-state index is 14.9. The highest BCUT2D eigenvalue weighted by Crippen LogP contribution is 2.55. The number of carbonyl (C=O) groups is 2. The molecule has 2 saturated carbocycles. The third-order valence-electron chi connectivity index (χ3n) is 5.13. The van der Waals surface area contributed by atoms with Gasteiger partial charge in [0.2, 0.25) is 0 Å². The Balaban J connectivity index is 1.76. The Bertz CT molecular complexity index is 677. The van der Waals surface area contributed by atoms with Gasteiger partial charge in [0.1, 0.15) is 12.4 Å². The zero-order valence-electron chi connectivity index (χ0n) is 12.5. The van der Waals surface area contributed by atoms with Gasteiger partial charge in [-0.2, -0.15) is 0 Å². The zero-order valence-corrected chi connectivity index (χ0v) is 12.5. The normalized spacial score (nSPS) is 21.7. The van der Waals surface area contributed by atoms with E-state index in [1.54, 1.807) is 12.1 Å². The maximum Gasteiger partial charge on any atom is 0.325 e. The van der Waals surface area contributed by atoms with Crippen molar-refractivity contribution in [2.75, 3.05) is 20.2 Å². The Kier molecular flexibility index (Phi) is 2.83. The van der Waals surface area contributed by atoms with E-state index in [0.29, 0.717) is 23.6 Å². The van der Waals surface area contributed by atoms with Gasteiger partial charge in [-0.1, -0.05) is 6.07 Å². The van der Waals surface area contributed by atoms with Crippen molar-refractivity contribution in [3.63, 3.8) is 0 Å². The zero-order chi connectivity index (χ0) is 15.5. The number of benzene rings is 1. The number of carbonyl (C=O) groups excluding carboxylic acids is 2. The number of hydrogen-bond acceptors (Lipinski definition) is 3. The Morgan fingerprint density at radius 1 is 1.41 bits per heavy atom. The van der Waals surface area contributed by atoms with E-state index in [1.807, 2.05) is 0 Å². The summed E-state index contributed by atoms with van der Waals surface area (Å²) in [5.41, 5.74) is 1.50. The maximum absolute atomic E-state index is 14.9. The molecule has 1 spiro atoms. The molecule has 116 valence electrons. The number of halogens is 1. The van der Waals surface area contributed by atoms with Gasteiger partial charge in [-0.3, -0.25) is 9.59 Å². The second kappa shape index (κ2) is 4.54. The molecular weight excluding hydrogens is 285 g/mol. The van der Waals surface area contributed by atoms with Crippen LogP contribution in [0.3, 0.4) is 0 Å². The average molecular weight is 303 g/mol. The minimum Gasteiger partial charge on any atom is -0.468 e. The summed E-state index contributed by atoms with van der Waals surface area (Å²) in [6.45, 7) is 0.349. The fourth-order valence-corrected chi connectivity index (χ4v) is 3.59. The molecule has 1 aromatic rings. The van der Waals surface area contributed by atoms with Crippen LogP contribution in [0.2, 0.25) is 0 Å². The number of methoxy groups -OCH3 is 1. The molecule has 1 amide bonds. The van der Waals surface area contributed by atoms with Crippen LogP contribution < -0.4 is 0 Å². The molecule has 0 bridgehead atoms. The molecule has 0 N–H and O–H groups in total. The second-order valence-electron chi connectivity index (χ2n) is 6.68. The number of rotatable bonds is 3. The van der Waals surface area contributed by atoms with Crippen LogP contribution in [-0.4, -0.2) is 37.0 Å². The molecule has 2 aliphatic carbocycles. The van der Waals surface area contributed by atoms with Crippen LogP contribution in [0.15, 0.2) is 12.1 Å². The van der Waals surface area contributed by atoms with Crippen molar-refractivity contribution < 1.29 is 18.7 Å². The lowest BCUT2D eigenvalue weighted by atomic mass is 9.84. The highest BCUT2D eigenvalue weighted by molar-refractivity contribution is 5.99. The van der Waals surface area contributed by atoms with Gasteiger partial charge in [-0.15, -0.1) is 0 Å². The SMILES string of the molecule is COC(=O)CN1CC2(CC2)c2c(ccc(C3CC3)c2F)C1=O. The van der Waals surface area contributed by atoms with Crippen LogP contribution in [0.4, 0.5) is 4.39 Å². The quantitative estimate of drug-likeness (QED) is 0.805. The van der Waals surface area contributed by atoms with E-state index in [-0.39, 0.29) is 23.7 Å². The van der Waals surface area contributed by atoms with Crippen LogP contribution in [0.5, 0.6) is 0 Å². The van der Waals surface area contributed by atoms with Crippen molar-refractivity contribution in [3.05, 3.63) is 34.6 Å². The third-order valence-corrected chi connectivity index (χ3v) is 5.13. The predicted octanol–water partition coefficient (Wildman–Crippen LogP) is 2.36. The predicted molar refractivity (Wildman–Crippen MR) is 77.2 cm³/mol. The Morgan fingerprint density at radius 3 is 2.73 bits per heavy atom. The highest BCUT2D eigenvalue weighted by atomic mass is 19.1. The minimum atomic E-state index is -0.442. The van der Waals surface area contributed by atoms with Gasteiger partial charge in [0.15, 0.2) is 0 Å². The van der Waals surface area contributed by atoms with E-state index >= 15 is 0 Å². The molecular formula is C17H18FNO3. The first-order chi connectivity index (χ1) is 10.6. The van der Waals surface area contributed by atoms with Gasteiger partial charge in [0, 0.05) is 23.1 Å². The monoisotopic (exact) mass is 303 g/mol. The standard InChI is InChI=1S/C17H18FNO3/c1-22-13(20)8-19-9-17(6-7-17)14-12(16(19)21)5-4-11(15(14)18)10-2-3-10/h4-5,10H,2-3,6-9H2,1H3. The molecule has 1 aliphatic heterocycles. The number of ether oxygens (including phenoxy) is 1. The van der Waals surface area contributed by atoms with Gasteiger partial charge in [-0.05, 0) is 43.2 Å². The van der Waals surface area contributed by atoms with Crippen LogP contribution in [0.25, 0.3) is 0 Å². The first-order valence-electron chi connectivity index (χ1n) is 7.75. The lowest BCUT2D eigenvalue weighted by molar-refractivity contribution is -0.141. The van der Waals surface area contributed by atoms with Crippen molar-refractivity contribution in [1.82, 2.24) is 4.90 Å². The smallest absolute Gasteiger partial charge is 0.325 e. The highest BCUT2D eigenvalue weighted by Gasteiger charge is 2.54. The molecule has 5 heteroatoms. The van der Waals surface area contributed by atoms with E-state index in [9.17, 15) is 14.0 Å². The van der Waals surface area contributed by atoms with E-state index in [2.05, 4.69) is 4.74 Å². The van der Waals surface area contributed by atoms with E-state index in [1.165, 1.54) is 12.0 Å². The van der Waals surface area contributed by atoms with Crippen molar-refractivity contribution in [1.29, 1.82) is 0 Å². The van der Waals surface area contributed by atoms with E-state index < -0.39 is 5.97 Å². The molecule has 22 heavy (non-hydrogen) atoms. The van der Waals surface area contributed by atoms with Gasteiger partial charge in [0.25, 0.3) is 5.91 Å². The Morgan fingerprint density at radius 2 is 2.14 bits per heavy atom. The summed E-state index contributed by atoms with van der Waals surface area (Å²) in [5, 5.41) is 0. The van der Waals surface area contributed by atoms with Crippen LogP contribution >= 0.6 is 0 Å². The Labute approximate surface area is 128 Å². The van der Waals surface area contributed by atoms with E-state index in [0.717, 1.165) is 31.2 Å². The summed E-state index contributed by atoms with van der Waals surface area (Å²) in [5.74, 6) is -0.560. The first-order valence-corrected chi connectivity index (χ1v) is 7.75. The van der Waals surface area contributed by atoms with Crippen molar-refractivity contribution in [2.45, 2.75) is 37.0 Å². The first kappa shape index (κ1) is 13.7. The van der Waals surface area contributed by atoms with Crippen LogP contribution in [0, 0.1) is 5.82 Å². The second-order valence-corrected chi connectivity index (χ2v) is 6.68. The lowest BCUT2D eigenvalue weighted by Crippen LogP contribution is -2.46. The fourth-order valence-electron chi connectivity index (χ4n) is 3.59. The molecule has 0 aromatic heterocycles. The van der Waals surface area contributed by atoms with Crippen molar-refractivity contribution >= 4 is 11.9 Å². The summed E-state index contributed by atoms with van der Waals surface area (Å²) >= 11 is 0. The molecule has 1 heterocycles. The molecule has 0 atom stereocenters. The summed E-state index contributed by atoms with van der Waals surface area (Å²) in [4.78, 5) is 25.6. The topological polar surface area (TPSA) is 46.6 Å². The molecule has 0 saturated heterocycles. The number of amides is 1. The number of fused-ring (bicyclic) bond motifs is 2. The summed E-state index contributed by atoms with van der Waals surface area (Å²) in [7, 11) is 1.30. The summed E-state index contributed by atoms with van der Waals surface area (Å²) < 4.78 is 19.6. The molecule has 0 unspecified atom stereocenters. The van der Waals surface area contributed by atoms with Gasteiger partial charge >= 0.3 is 5.97 Å². The Hall–Kier alpha value is -1.91.